The van der Waals surface area contributed by atoms with Crippen LogP contribution in [0.4, 0.5) is 0 Å². The first-order chi connectivity index (χ1) is 9.61. The van der Waals surface area contributed by atoms with Crippen molar-refractivity contribution in [2.24, 2.45) is 0 Å². The fourth-order valence-corrected chi connectivity index (χ4v) is 2.73. The molecule has 0 N–H and O–H groups in total. The van der Waals surface area contributed by atoms with Gasteiger partial charge >= 0.3 is 0 Å². The Kier molecular flexibility index (Phi) is 4.98. The van der Waals surface area contributed by atoms with Crippen molar-refractivity contribution in [3.05, 3.63) is 45.5 Å². The molecule has 2 aromatic heterocycles. The molecule has 2 rings (SSSR count). The van der Waals surface area contributed by atoms with E-state index in [1.54, 1.807) is 29.4 Å². The molecule has 0 bridgehead atoms. The molecule has 108 valence electrons. The van der Waals surface area contributed by atoms with Gasteiger partial charge in [-0.1, -0.05) is 0 Å². The van der Waals surface area contributed by atoms with Gasteiger partial charge < -0.3 is 14.1 Å². The van der Waals surface area contributed by atoms with Gasteiger partial charge in [-0.3, -0.25) is 4.79 Å². The molecule has 0 aliphatic rings. The Bertz CT molecular complexity index is 560. The van der Waals surface area contributed by atoms with E-state index in [9.17, 15) is 4.79 Å². The van der Waals surface area contributed by atoms with Gasteiger partial charge in [0.15, 0.2) is 0 Å². The number of aryl methyl sites for hydroxylation is 2. The molecule has 0 spiro atoms. The Balaban J connectivity index is 2.17. The molecule has 20 heavy (non-hydrogen) atoms. The molecule has 0 aliphatic heterocycles. The number of furan rings is 1. The van der Waals surface area contributed by atoms with Gasteiger partial charge in [-0.05, 0) is 42.3 Å². The fraction of sp³-hybridized carbons (Fsp3) is 0.400. The van der Waals surface area contributed by atoms with Crippen molar-refractivity contribution in [2.45, 2.75) is 20.4 Å². The van der Waals surface area contributed by atoms with Gasteiger partial charge in [-0.2, -0.15) is 11.3 Å². The maximum atomic E-state index is 12.6. The van der Waals surface area contributed by atoms with Crippen LogP contribution in [0.5, 0.6) is 0 Å². The van der Waals surface area contributed by atoms with Crippen molar-refractivity contribution >= 4 is 17.2 Å². The van der Waals surface area contributed by atoms with E-state index in [-0.39, 0.29) is 5.91 Å². The molecule has 0 saturated heterocycles. The number of hydrogen-bond donors (Lipinski definition) is 0. The van der Waals surface area contributed by atoms with Crippen LogP contribution in [-0.4, -0.2) is 31.1 Å². The number of carbonyl (C=O) groups is 1. The summed E-state index contributed by atoms with van der Waals surface area (Å²) in [4.78, 5) is 14.4. The molecule has 5 heteroatoms. The molecule has 0 unspecified atom stereocenters. The molecule has 0 aromatic carbocycles. The quantitative estimate of drug-likeness (QED) is 0.821. The molecule has 2 aromatic rings. The lowest BCUT2D eigenvalue weighted by atomic mass is 10.2. The van der Waals surface area contributed by atoms with E-state index in [1.165, 1.54) is 0 Å². The highest BCUT2D eigenvalue weighted by Gasteiger charge is 2.20. The number of ether oxygens (including phenoxy) is 1. The van der Waals surface area contributed by atoms with Gasteiger partial charge in [0.1, 0.15) is 11.5 Å². The zero-order valence-corrected chi connectivity index (χ0v) is 12.8. The summed E-state index contributed by atoms with van der Waals surface area (Å²) in [6.45, 7) is 5.34. The first-order valence-corrected chi connectivity index (χ1v) is 7.42. The summed E-state index contributed by atoms with van der Waals surface area (Å²) in [5, 5.41) is 4.07. The van der Waals surface area contributed by atoms with Crippen LogP contribution in [0, 0.1) is 13.8 Å². The number of hydrogen-bond acceptors (Lipinski definition) is 4. The largest absolute Gasteiger partial charge is 0.466 e. The molecule has 1 amide bonds. The summed E-state index contributed by atoms with van der Waals surface area (Å²) in [5.41, 5.74) is 1.77. The van der Waals surface area contributed by atoms with E-state index in [1.807, 2.05) is 25.3 Å². The van der Waals surface area contributed by atoms with Crippen LogP contribution in [-0.2, 0) is 11.3 Å². The molecule has 0 atom stereocenters. The van der Waals surface area contributed by atoms with Crippen molar-refractivity contribution in [1.29, 1.82) is 0 Å². The second-order valence-corrected chi connectivity index (χ2v) is 5.46. The minimum Gasteiger partial charge on any atom is -0.466 e. The van der Waals surface area contributed by atoms with Crippen LogP contribution in [0.25, 0.3) is 0 Å². The molecule has 2 heterocycles. The second-order valence-electron chi connectivity index (χ2n) is 4.68. The lowest BCUT2D eigenvalue weighted by molar-refractivity contribution is 0.0679. The van der Waals surface area contributed by atoms with Crippen LogP contribution < -0.4 is 0 Å². The van der Waals surface area contributed by atoms with E-state index >= 15 is 0 Å². The Morgan fingerprint density at radius 1 is 1.45 bits per heavy atom. The van der Waals surface area contributed by atoms with Gasteiger partial charge in [0.2, 0.25) is 0 Å². The highest BCUT2D eigenvalue weighted by atomic mass is 32.1. The number of carbonyl (C=O) groups excluding carboxylic acids is 1. The second kappa shape index (κ2) is 6.72. The summed E-state index contributed by atoms with van der Waals surface area (Å²) in [7, 11) is 1.64. The van der Waals surface area contributed by atoms with Crippen molar-refractivity contribution in [3.8, 4) is 0 Å². The number of methoxy groups -OCH3 is 1. The first kappa shape index (κ1) is 14.8. The molecule has 0 saturated carbocycles. The molecule has 0 aliphatic carbocycles. The first-order valence-electron chi connectivity index (χ1n) is 6.48. The van der Waals surface area contributed by atoms with Gasteiger partial charge in [0, 0.05) is 20.2 Å². The third kappa shape index (κ3) is 3.49. The highest BCUT2D eigenvalue weighted by molar-refractivity contribution is 7.07. The Hall–Kier alpha value is -1.59. The van der Waals surface area contributed by atoms with Gasteiger partial charge in [0.05, 0.1) is 12.2 Å². The summed E-state index contributed by atoms with van der Waals surface area (Å²) in [6.07, 6.45) is 0. The number of amides is 1. The van der Waals surface area contributed by atoms with Crippen molar-refractivity contribution in [3.63, 3.8) is 0 Å². The number of thiophene rings is 1. The number of nitrogens with zero attached hydrogens (tertiary/aromatic N) is 1. The molecule has 0 radical (unpaired) electrons. The lowest BCUT2D eigenvalue weighted by Gasteiger charge is -2.21. The van der Waals surface area contributed by atoms with Gasteiger partial charge in [0.25, 0.3) is 5.91 Å². The number of rotatable bonds is 6. The summed E-state index contributed by atoms with van der Waals surface area (Å²) >= 11 is 1.63. The van der Waals surface area contributed by atoms with Gasteiger partial charge in [-0.15, -0.1) is 0 Å². The van der Waals surface area contributed by atoms with Gasteiger partial charge in [-0.25, -0.2) is 0 Å². The zero-order valence-electron chi connectivity index (χ0n) is 12.0. The summed E-state index contributed by atoms with van der Waals surface area (Å²) in [5.74, 6) is 1.41. The third-order valence-electron chi connectivity index (χ3n) is 3.08. The molecular formula is C15H19NO3S. The Morgan fingerprint density at radius 2 is 2.25 bits per heavy atom. The van der Waals surface area contributed by atoms with E-state index < -0.39 is 0 Å². The lowest BCUT2D eigenvalue weighted by Crippen LogP contribution is -2.33. The summed E-state index contributed by atoms with van der Waals surface area (Å²) in [6, 6.07) is 3.83. The van der Waals surface area contributed by atoms with Crippen LogP contribution in [0.1, 0.15) is 27.4 Å². The molecule has 4 nitrogen and oxygen atoms in total. The highest BCUT2D eigenvalue weighted by Crippen LogP contribution is 2.18. The van der Waals surface area contributed by atoms with E-state index in [0.717, 1.165) is 11.3 Å². The maximum Gasteiger partial charge on any atom is 0.257 e. The predicted octanol–water partition coefficient (Wildman–Crippen LogP) is 3.25. The summed E-state index contributed by atoms with van der Waals surface area (Å²) < 4.78 is 10.5. The monoisotopic (exact) mass is 293 g/mol. The van der Waals surface area contributed by atoms with Crippen LogP contribution in [0.15, 0.2) is 27.3 Å². The van der Waals surface area contributed by atoms with Crippen molar-refractivity contribution in [1.82, 2.24) is 4.90 Å². The van der Waals surface area contributed by atoms with Crippen molar-refractivity contribution in [2.75, 3.05) is 20.3 Å². The van der Waals surface area contributed by atoms with Crippen LogP contribution in [0.2, 0.25) is 0 Å². The average Bonchev–Trinajstić information content (AvgIpc) is 3.03. The van der Waals surface area contributed by atoms with Crippen LogP contribution in [0.3, 0.4) is 0 Å². The van der Waals surface area contributed by atoms with E-state index in [4.69, 9.17) is 9.15 Å². The fourth-order valence-electron chi connectivity index (χ4n) is 2.07. The standard InChI is InChI=1S/C15H19NO3S/c1-11-8-14(12(2)19-11)15(17)16(5-6-18-3)9-13-4-7-20-10-13/h4,7-8,10H,5-6,9H2,1-3H3. The SMILES string of the molecule is COCCN(Cc1ccsc1)C(=O)c1cc(C)oc1C. The molecular weight excluding hydrogens is 274 g/mol. The third-order valence-corrected chi connectivity index (χ3v) is 3.81. The Labute approximate surface area is 123 Å². The maximum absolute atomic E-state index is 12.6. The average molecular weight is 293 g/mol. The van der Waals surface area contributed by atoms with Crippen LogP contribution >= 0.6 is 11.3 Å². The topological polar surface area (TPSA) is 42.7 Å². The zero-order chi connectivity index (χ0) is 14.5. The van der Waals surface area contributed by atoms with E-state index in [0.29, 0.717) is 31.0 Å². The smallest absolute Gasteiger partial charge is 0.257 e. The minimum absolute atomic E-state index is 0.0115. The molecule has 0 fully saturated rings. The Morgan fingerprint density at radius 3 is 2.80 bits per heavy atom. The van der Waals surface area contributed by atoms with Crippen molar-refractivity contribution < 1.29 is 13.9 Å². The van der Waals surface area contributed by atoms with E-state index in [2.05, 4.69) is 5.38 Å². The minimum atomic E-state index is -0.0115. The normalized spacial score (nSPS) is 10.8. The predicted molar refractivity (Wildman–Crippen MR) is 79.1 cm³/mol.